The van der Waals surface area contributed by atoms with E-state index in [9.17, 15) is 0 Å². The molecule has 0 spiro atoms. The van der Waals surface area contributed by atoms with E-state index in [2.05, 4.69) is 26.0 Å². The summed E-state index contributed by atoms with van der Waals surface area (Å²) < 4.78 is 5.27. The lowest BCUT2D eigenvalue weighted by atomic mass is 9.70. The van der Waals surface area contributed by atoms with Crippen molar-refractivity contribution in [2.24, 2.45) is 17.1 Å². The van der Waals surface area contributed by atoms with Gasteiger partial charge in [0.15, 0.2) is 0 Å². The Balaban J connectivity index is 1.92. The highest BCUT2D eigenvalue weighted by Gasteiger charge is 2.29. The molecule has 1 unspecified atom stereocenters. The molecule has 0 heterocycles. The standard InChI is InChI=1S/C17H27NO/c1-17(2)9-7-14(8-10-17)16(18)12-13-5-4-6-15(11-13)19-3/h4-6,11,14,16H,7-10,12,18H2,1-3H3. The normalized spacial score (nSPS) is 21.1. The molecule has 1 aliphatic rings. The first-order valence-electron chi connectivity index (χ1n) is 7.39. The van der Waals surface area contributed by atoms with Crippen molar-refractivity contribution in [1.29, 1.82) is 0 Å². The van der Waals surface area contributed by atoms with Crippen molar-refractivity contribution in [2.75, 3.05) is 7.11 Å². The summed E-state index contributed by atoms with van der Waals surface area (Å²) in [5.41, 5.74) is 8.23. The minimum atomic E-state index is 0.281. The fourth-order valence-electron chi connectivity index (χ4n) is 3.09. The minimum Gasteiger partial charge on any atom is -0.497 e. The highest BCUT2D eigenvalue weighted by atomic mass is 16.5. The Morgan fingerprint density at radius 3 is 2.63 bits per heavy atom. The molecule has 0 aromatic heterocycles. The van der Waals surface area contributed by atoms with Crippen LogP contribution in [0.15, 0.2) is 24.3 Å². The Morgan fingerprint density at radius 2 is 2.00 bits per heavy atom. The second-order valence-electron chi connectivity index (χ2n) is 6.72. The zero-order valence-corrected chi connectivity index (χ0v) is 12.5. The molecule has 1 aromatic carbocycles. The van der Waals surface area contributed by atoms with E-state index in [0.29, 0.717) is 11.3 Å². The maximum atomic E-state index is 6.42. The molecule has 1 aromatic rings. The molecule has 1 atom stereocenters. The van der Waals surface area contributed by atoms with Crippen LogP contribution < -0.4 is 10.5 Å². The number of hydrogen-bond donors (Lipinski definition) is 1. The van der Waals surface area contributed by atoms with Crippen molar-refractivity contribution in [2.45, 2.75) is 52.0 Å². The summed E-state index contributed by atoms with van der Waals surface area (Å²) in [6.45, 7) is 4.74. The number of nitrogens with two attached hydrogens (primary N) is 1. The molecule has 0 bridgehead atoms. The summed E-state index contributed by atoms with van der Waals surface area (Å²) in [6, 6.07) is 8.56. The molecule has 2 heteroatoms. The van der Waals surface area contributed by atoms with Gasteiger partial charge in [0.05, 0.1) is 7.11 Å². The zero-order valence-electron chi connectivity index (χ0n) is 12.5. The Morgan fingerprint density at radius 1 is 1.32 bits per heavy atom. The van der Waals surface area contributed by atoms with Gasteiger partial charge in [-0.3, -0.25) is 0 Å². The van der Waals surface area contributed by atoms with Crippen LogP contribution in [0, 0.1) is 11.3 Å². The molecule has 0 radical (unpaired) electrons. The molecule has 19 heavy (non-hydrogen) atoms. The van der Waals surface area contributed by atoms with Crippen molar-refractivity contribution >= 4 is 0 Å². The highest BCUT2D eigenvalue weighted by Crippen LogP contribution is 2.39. The predicted octanol–water partition coefficient (Wildman–Crippen LogP) is 3.78. The SMILES string of the molecule is COc1cccc(CC(N)C2CCC(C)(C)CC2)c1. The first-order valence-corrected chi connectivity index (χ1v) is 7.39. The predicted molar refractivity (Wildman–Crippen MR) is 80.4 cm³/mol. The second-order valence-corrected chi connectivity index (χ2v) is 6.72. The first kappa shape index (κ1) is 14.4. The third kappa shape index (κ3) is 3.97. The average molecular weight is 261 g/mol. The fraction of sp³-hybridized carbons (Fsp3) is 0.647. The van der Waals surface area contributed by atoms with Gasteiger partial charge in [0.1, 0.15) is 5.75 Å². The molecule has 2 N–H and O–H groups in total. The van der Waals surface area contributed by atoms with E-state index in [0.717, 1.165) is 12.2 Å². The molecule has 106 valence electrons. The van der Waals surface area contributed by atoms with Crippen LogP contribution in [0.2, 0.25) is 0 Å². The first-order chi connectivity index (χ1) is 9.00. The summed E-state index contributed by atoms with van der Waals surface area (Å²) in [4.78, 5) is 0. The van der Waals surface area contributed by atoms with Crippen molar-refractivity contribution in [3.05, 3.63) is 29.8 Å². The van der Waals surface area contributed by atoms with Gasteiger partial charge in [0, 0.05) is 6.04 Å². The summed E-state index contributed by atoms with van der Waals surface area (Å²) in [7, 11) is 1.71. The Bertz CT molecular complexity index is 403. The number of benzene rings is 1. The van der Waals surface area contributed by atoms with Crippen molar-refractivity contribution in [3.8, 4) is 5.75 Å². The molecule has 0 aliphatic heterocycles. The Labute approximate surface area is 117 Å². The van der Waals surface area contributed by atoms with Gasteiger partial charge in [-0.1, -0.05) is 26.0 Å². The van der Waals surface area contributed by atoms with Crippen LogP contribution in [0.25, 0.3) is 0 Å². The fourth-order valence-corrected chi connectivity index (χ4v) is 3.09. The number of methoxy groups -OCH3 is 1. The van der Waals surface area contributed by atoms with Gasteiger partial charge in [-0.2, -0.15) is 0 Å². The Hall–Kier alpha value is -1.02. The molecule has 2 nitrogen and oxygen atoms in total. The smallest absolute Gasteiger partial charge is 0.119 e. The van der Waals surface area contributed by atoms with Crippen LogP contribution >= 0.6 is 0 Å². The van der Waals surface area contributed by atoms with Gasteiger partial charge in [0.2, 0.25) is 0 Å². The van der Waals surface area contributed by atoms with E-state index in [1.807, 2.05) is 12.1 Å². The minimum absolute atomic E-state index is 0.281. The zero-order chi connectivity index (χ0) is 13.9. The second kappa shape index (κ2) is 5.96. The van der Waals surface area contributed by atoms with Gasteiger partial charge in [-0.05, 0) is 61.1 Å². The van der Waals surface area contributed by atoms with Crippen LogP contribution in [0.4, 0.5) is 0 Å². The van der Waals surface area contributed by atoms with Crippen molar-refractivity contribution < 1.29 is 4.74 Å². The molecule has 0 saturated heterocycles. The monoisotopic (exact) mass is 261 g/mol. The highest BCUT2D eigenvalue weighted by molar-refractivity contribution is 5.29. The van der Waals surface area contributed by atoms with E-state index in [1.54, 1.807) is 7.11 Å². The summed E-state index contributed by atoms with van der Waals surface area (Å²) in [5.74, 6) is 1.61. The third-order valence-electron chi connectivity index (χ3n) is 4.59. The summed E-state index contributed by atoms with van der Waals surface area (Å²) >= 11 is 0. The van der Waals surface area contributed by atoms with E-state index >= 15 is 0 Å². The lowest BCUT2D eigenvalue weighted by molar-refractivity contribution is 0.173. The van der Waals surface area contributed by atoms with Crippen LogP contribution in [0.5, 0.6) is 5.75 Å². The molecular weight excluding hydrogens is 234 g/mol. The number of ether oxygens (including phenoxy) is 1. The average Bonchev–Trinajstić information content (AvgIpc) is 2.38. The van der Waals surface area contributed by atoms with Crippen molar-refractivity contribution in [3.63, 3.8) is 0 Å². The van der Waals surface area contributed by atoms with Crippen LogP contribution in [0.1, 0.15) is 45.1 Å². The van der Waals surface area contributed by atoms with Crippen molar-refractivity contribution in [1.82, 2.24) is 0 Å². The van der Waals surface area contributed by atoms with E-state index in [1.165, 1.54) is 31.2 Å². The van der Waals surface area contributed by atoms with E-state index in [-0.39, 0.29) is 6.04 Å². The van der Waals surface area contributed by atoms with E-state index in [4.69, 9.17) is 10.5 Å². The van der Waals surface area contributed by atoms with Gasteiger partial charge in [0.25, 0.3) is 0 Å². The van der Waals surface area contributed by atoms with E-state index < -0.39 is 0 Å². The number of hydrogen-bond acceptors (Lipinski definition) is 2. The quantitative estimate of drug-likeness (QED) is 0.895. The van der Waals surface area contributed by atoms with Crippen LogP contribution in [0.3, 0.4) is 0 Å². The summed E-state index contributed by atoms with van der Waals surface area (Å²) in [5, 5.41) is 0. The molecule has 0 amide bonds. The van der Waals surface area contributed by atoms with Gasteiger partial charge in [-0.15, -0.1) is 0 Å². The van der Waals surface area contributed by atoms with Gasteiger partial charge in [-0.25, -0.2) is 0 Å². The lowest BCUT2D eigenvalue weighted by Gasteiger charge is -2.36. The third-order valence-corrected chi connectivity index (χ3v) is 4.59. The topological polar surface area (TPSA) is 35.2 Å². The van der Waals surface area contributed by atoms with Gasteiger partial charge >= 0.3 is 0 Å². The number of rotatable bonds is 4. The van der Waals surface area contributed by atoms with Gasteiger partial charge < -0.3 is 10.5 Å². The molecule has 2 rings (SSSR count). The Kier molecular flexibility index (Phi) is 4.51. The lowest BCUT2D eigenvalue weighted by Crippen LogP contribution is -2.36. The molecular formula is C17H27NO. The maximum absolute atomic E-state index is 6.42. The molecule has 1 saturated carbocycles. The maximum Gasteiger partial charge on any atom is 0.119 e. The summed E-state index contributed by atoms with van der Waals surface area (Å²) in [6.07, 6.45) is 6.13. The molecule has 1 fully saturated rings. The largest absolute Gasteiger partial charge is 0.497 e. The molecule has 1 aliphatic carbocycles. The van der Waals surface area contributed by atoms with Crippen LogP contribution in [-0.4, -0.2) is 13.2 Å². The van der Waals surface area contributed by atoms with Crippen LogP contribution in [-0.2, 0) is 6.42 Å².